The lowest BCUT2D eigenvalue weighted by Gasteiger charge is -2.16. The van der Waals surface area contributed by atoms with E-state index in [1.807, 2.05) is 0 Å². The van der Waals surface area contributed by atoms with Crippen LogP contribution in [0.4, 0.5) is 11.4 Å². The first kappa shape index (κ1) is 40.5. The number of benzene rings is 3. The van der Waals surface area contributed by atoms with Crippen LogP contribution in [0.2, 0.25) is 0 Å². The molecule has 0 unspecified atom stereocenters. The fourth-order valence-corrected chi connectivity index (χ4v) is 6.81. The van der Waals surface area contributed by atoms with Crippen molar-refractivity contribution in [1.82, 2.24) is 0 Å². The number of amides is 1. The predicted octanol–water partition coefficient (Wildman–Crippen LogP) is 10.9. The first-order valence-corrected chi connectivity index (χ1v) is 20.1. The molecule has 0 aromatic heterocycles. The van der Waals surface area contributed by atoms with Crippen molar-refractivity contribution >= 4 is 33.1 Å². The number of methoxy groups -OCH3 is 2. The number of unbranched alkanes of at least 4 members (excludes halogenated alkanes) is 14. The molecule has 4 rings (SSSR count). The van der Waals surface area contributed by atoms with E-state index in [1.165, 1.54) is 102 Å². The average molecular weight is 735 g/mol. The van der Waals surface area contributed by atoms with Gasteiger partial charge >= 0.3 is 0 Å². The number of nitrogens with zero attached hydrogens (tertiary/aromatic N) is 4. The lowest BCUT2D eigenvalue weighted by molar-refractivity contribution is -0.117. The molecule has 1 atom stereocenters. The normalized spacial score (nSPS) is 14.6. The minimum atomic E-state index is -4.73. The molecule has 0 spiro atoms. The fourth-order valence-electron chi connectivity index (χ4n) is 6.18. The molecule has 0 aliphatic carbocycles. The Bertz CT molecular complexity index is 1730. The zero-order valence-electron chi connectivity index (χ0n) is 30.8. The van der Waals surface area contributed by atoms with Crippen molar-refractivity contribution < 1.29 is 32.0 Å². The molecule has 282 valence electrons. The van der Waals surface area contributed by atoms with E-state index < -0.39 is 27.0 Å². The molecule has 3 aromatic carbocycles. The van der Waals surface area contributed by atoms with Crippen molar-refractivity contribution in [3.05, 3.63) is 66.7 Å². The Morgan fingerprint density at radius 2 is 1.33 bits per heavy atom. The second-order valence-electron chi connectivity index (χ2n) is 13.1. The number of hydrazone groups is 1. The predicted molar refractivity (Wildman–Crippen MR) is 205 cm³/mol. The minimum Gasteiger partial charge on any atom is -0.497 e. The molecule has 1 aliphatic heterocycles. The van der Waals surface area contributed by atoms with Gasteiger partial charge in [0, 0.05) is 6.07 Å². The highest BCUT2D eigenvalue weighted by Crippen LogP contribution is 2.36. The van der Waals surface area contributed by atoms with Gasteiger partial charge in [-0.1, -0.05) is 115 Å². The minimum absolute atomic E-state index is 0.0903. The quantitative estimate of drug-likeness (QED) is 0.0549. The maximum absolute atomic E-state index is 13.9. The molecule has 3 aromatic rings. The van der Waals surface area contributed by atoms with Crippen LogP contribution in [0.15, 0.2) is 87.0 Å². The second kappa shape index (κ2) is 21.3. The summed E-state index contributed by atoms with van der Waals surface area (Å²) in [6.07, 6.45) is 19.2. The highest BCUT2D eigenvalue weighted by Gasteiger charge is 2.37. The van der Waals surface area contributed by atoms with Crippen molar-refractivity contribution in [3.8, 4) is 23.0 Å². The van der Waals surface area contributed by atoms with E-state index in [1.54, 1.807) is 55.6 Å². The third kappa shape index (κ3) is 12.4. The number of ether oxygens (including phenoxy) is 3. The van der Waals surface area contributed by atoms with Crippen molar-refractivity contribution in [1.29, 1.82) is 0 Å². The van der Waals surface area contributed by atoms with Crippen molar-refractivity contribution in [2.24, 2.45) is 15.3 Å². The summed E-state index contributed by atoms with van der Waals surface area (Å²) in [7, 11) is -1.67. The summed E-state index contributed by atoms with van der Waals surface area (Å²) in [4.78, 5) is 13.4. The molecule has 1 aliphatic rings. The van der Waals surface area contributed by atoms with E-state index in [-0.39, 0.29) is 11.4 Å². The van der Waals surface area contributed by atoms with Gasteiger partial charge in [0.1, 0.15) is 33.6 Å². The van der Waals surface area contributed by atoms with Gasteiger partial charge in [0.25, 0.3) is 16.0 Å². The van der Waals surface area contributed by atoms with Crippen LogP contribution < -0.4 is 19.2 Å². The van der Waals surface area contributed by atoms with Crippen LogP contribution in [-0.4, -0.2) is 44.9 Å². The summed E-state index contributed by atoms with van der Waals surface area (Å²) >= 11 is 0. The summed E-state index contributed by atoms with van der Waals surface area (Å²) in [5.41, 5.74) is 1.04. The van der Waals surface area contributed by atoms with Crippen LogP contribution in [0.25, 0.3) is 0 Å². The summed E-state index contributed by atoms with van der Waals surface area (Å²) in [5, 5.41) is 14.5. The molecule has 11 nitrogen and oxygen atoms in total. The number of carbonyl (C=O) groups excluding carboxylic acids is 1. The molecule has 1 N–H and O–H groups in total. The smallest absolute Gasteiger partial charge is 0.298 e. The van der Waals surface area contributed by atoms with Crippen LogP contribution in [0.3, 0.4) is 0 Å². The molecule has 1 heterocycles. The first-order valence-electron chi connectivity index (χ1n) is 18.6. The van der Waals surface area contributed by atoms with Gasteiger partial charge in [-0.15, -0.1) is 0 Å². The van der Waals surface area contributed by atoms with E-state index in [2.05, 4.69) is 22.3 Å². The van der Waals surface area contributed by atoms with Gasteiger partial charge in [0.05, 0.1) is 25.6 Å². The van der Waals surface area contributed by atoms with Gasteiger partial charge in [-0.05, 0) is 55.3 Å². The summed E-state index contributed by atoms with van der Waals surface area (Å²) < 4.78 is 51.5. The van der Waals surface area contributed by atoms with E-state index in [0.29, 0.717) is 35.1 Å². The largest absolute Gasteiger partial charge is 0.497 e. The first-order chi connectivity index (χ1) is 25.2. The van der Waals surface area contributed by atoms with Crippen LogP contribution in [0.5, 0.6) is 23.0 Å². The molecule has 0 radical (unpaired) electrons. The van der Waals surface area contributed by atoms with Gasteiger partial charge in [0.15, 0.2) is 6.04 Å². The van der Waals surface area contributed by atoms with Gasteiger partial charge in [0.2, 0.25) is 0 Å². The number of azo groups is 1. The van der Waals surface area contributed by atoms with E-state index in [0.717, 1.165) is 24.3 Å². The van der Waals surface area contributed by atoms with Crippen LogP contribution in [-0.2, 0) is 14.9 Å². The standard InChI is InChI=1S/C40H54N4O7S/c1-4-5-6-7-8-9-10-11-12-13-14-15-16-17-21-24-34-39(42-41-35-30-33(49-2)26-28-36(35)50-3)40(45)44(43-34)31-25-27-37(38(29-31)52(46,47)48)51-32-22-19-18-20-23-32/h18-20,22-23,25-30,39H,4-17,21,24H2,1-3H3,(H,46,47,48)/t39-/m0/s1. The zero-order valence-corrected chi connectivity index (χ0v) is 31.7. The van der Waals surface area contributed by atoms with E-state index >= 15 is 0 Å². The third-order valence-electron chi connectivity index (χ3n) is 9.11. The van der Waals surface area contributed by atoms with Crippen LogP contribution in [0, 0.1) is 0 Å². The maximum atomic E-state index is 13.9. The summed E-state index contributed by atoms with van der Waals surface area (Å²) in [6.45, 7) is 2.26. The number of carbonyl (C=O) groups is 1. The highest BCUT2D eigenvalue weighted by atomic mass is 32.2. The Morgan fingerprint density at radius 3 is 1.90 bits per heavy atom. The second-order valence-corrected chi connectivity index (χ2v) is 14.5. The van der Waals surface area contributed by atoms with E-state index in [9.17, 15) is 17.8 Å². The Hall–Kier alpha value is -4.29. The topological polar surface area (TPSA) is 139 Å². The molecule has 12 heteroatoms. The average Bonchev–Trinajstić information content (AvgIpc) is 3.46. The Morgan fingerprint density at radius 1 is 0.731 bits per heavy atom. The molecule has 1 amide bonds. The lowest BCUT2D eigenvalue weighted by Crippen LogP contribution is -2.30. The van der Waals surface area contributed by atoms with Gasteiger partial charge in [-0.3, -0.25) is 9.35 Å². The van der Waals surface area contributed by atoms with Gasteiger partial charge in [-0.2, -0.15) is 28.8 Å². The molecule has 0 bridgehead atoms. The number of hydrogen-bond donors (Lipinski definition) is 1. The molecular formula is C40H54N4O7S. The highest BCUT2D eigenvalue weighted by molar-refractivity contribution is 7.86. The van der Waals surface area contributed by atoms with E-state index in [4.69, 9.17) is 14.2 Å². The summed E-state index contributed by atoms with van der Waals surface area (Å²) in [5.74, 6) is 0.803. The summed E-state index contributed by atoms with van der Waals surface area (Å²) in [6, 6.07) is 16.7. The molecule has 0 saturated carbocycles. The molecule has 52 heavy (non-hydrogen) atoms. The molecule has 0 fully saturated rings. The van der Waals surface area contributed by atoms with Crippen molar-refractivity contribution in [3.63, 3.8) is 0 Å². The SMILES string of the molecule is CCCCCCCCCCCCCCCCCC1=NN(c2ccc(Oc3ccccc3)c(S(=O)(=O)O)c2)C(=O)[C@H]1N=Nc1cc(OC)ccc1OC. The monoisotopic (exact) mass is 734 g/mol. The van der Waals surface area contributed by atoms with Crippen LogP contribution in [0.1, 0.15) is 110 Å². The Labute approximate surface area is 309 Å². The number of rotatable bonds is 24. The van der Waals surface area contributed by atoms with Gasteiger partial charge in [-0.25, -0.2) is 0 Å². The maximum Gasteiger partial charge on any atom is 0.298 e. The fraction of sp³-hybridized carbons (Fsp3) is 0.500. The number of para-hydroxylation sites is 1. The number of hydrogen-bond acceptors (Lipinski definition) is 9. The Kier molecular flexibility index (Phi) is 16.6. The Balaban J connectivity index is 1.41. The third-order valence-corrected chi connectivity index (χ3v) is 9.99. The van der Waals surface area contributed by atoms with Crippen molar-refractivity contribution in [2.45, 2.75) is 121 Å². The number of anilines is 1. The van der Waals surface area contributed by atoms with Crippen LogP contribution >= 0.6 is 0 Å². The van der Waals surface area contributed by atoms with Gasteiger partial charge < -0.3 is 14.2 Å². The molecule has 0 saturated heterocycles. The molecular weight excluding hydrogens is 681 g/mol. The van der Waals surface area contributed by atoms with Crippen molar-refractivity contribution in [2.75, 3.05) is 19.2 Å². The zero-order chi connectivity index (χ0) is 37.2. The lowest BCUT2D eigenvalue weighted by atomic mass is 10.0.